The quantitative estimate of drug-likeness (QED) is 0.162. The first-order chi connectivity index (χ1) is 27.2. The third-order valence-corrected chi connectivity index (χ3v) is 10.7. The fraction of sp³-hybridized carbons (Fsp3) is 0. The third-order valence-electron chi connectivity index (χ3n) is 10.7. The van der Waals surface area contributed by atoms with E-state index in [2.05, 4.69) is 169 Å². The summed E-state index contributed by atoms with van der Waals surface area (Å²) in [5, 5.41) is 6.58. The van der Waals surface area contributed by atoms with Gasteiger partial charge in [0.2, 0.25) is 5.89 Å². The number of fused-ring (bicyclic) bond motifs is 8. The van der Waals surface area contributed by atoms with Crippen molar-refractivity contribution in [2.45, 2.75) is 0 Å². The van der Waals surface area contributed by atoms with Gasteiger partial charge in [-0.05, 0) is 99.1 Å². The minimum absolute atomic E-state index is 0.616. The van der Waals surface area contributed by atoms with Gasteiger partial charge in [0.25, 0.3) is 0 Å². The van der Waals surface area contributed by atoms with Crippen molar-refractivity contribution in [3.63, 3.8) is 0 Å². The summed E-state index contributed by atoms with van der Waals surface area (Å²) >= 11 is 0. The Balaban J connectivity index is 1.13. The van der Waals surface area contributed by atoms with E-state index in [4.69, 9.17) is 13.8 Å². The average Bonchev–Trinajstić information content (AvgIpc) is 3.87. The summed E-state index contributed by atoms with van der Waals surface area (Å²) in [5.41, 5.74) is 12.0. The molecule has 0 aliphatic carbocycles. The lowest BCUT2D eigenvalue weighted by molar-refractivity contribution is 0.623. The number of hydrogen-bond donors (Lipinski definition) is 0. The normalized spacial score (nSPS) is 11.6. The lowest BCUT2D eigenvalue weighted by atomic mass is 9.99. The van der Waals surface area contributed by atoms with Crippen LogP contribution in [0.4, 0.5) is 17.1 Å². The van der Waals surface area contributed by atoms with E-state index in [1.165, 1.54) is 5.56 Å². The van der Waals surface area contributed by atoms with E-state index >= 15 is 0 Å². The number of nitrogens with zero attached hydrogens (tertiary/aromatic N) is 2. The van der Waals surface area contributed by atoms with Crippen LogP contribution >= 0.6 is 0 Å². The molecule has 0 unspecified atom stereocenters. The standard InChI is InChI=1S/C51H32N2O2/c1-4-12-33(13-5-1)38-18-10-19-39(30-38)53(41-27-28-43-47(32-41)54-46-21-11-20-42(49(43)46)34-14-6-2-7-15-34)40-26-24-35-22-23-36-25-29-45-50(48(36)44(35)31-40)55-51(52-45)37-16-8-3-9-17-37/h1-32H. The van der Waals surface area contributed by atoms with Crippen molar-refractivity contribution in [1.29, 1.82) is 0 Å². The van der Waals surface area contributed by atoms with Crippen molar-refractivity contribution in [3.8, 4) is 33.7 Å². The molecule has 258 valence electrons. The predicted octanol–water partition coefficient (Wildman–Crippen LogP) is 14.5. The molecular formula is C51H32N2O2. The first-order valence-electron chi connectivity index (χ1n) is 18.5. The highest BCUT2D eigenvalue weighted by Crippen LogP contribution is 2.44. The third kappa shape index (κ3) is 5.26. The van der Waals surface area contributed by atoms with Crippen LogP contribution in [0.15, 0.2) is 203 Å². The smallest absolute Gasteiger partial charge is 0.227 e. The Morgan fingerprint density at radius 2 is 1.02 bits per heavy atom. The van der Waals surface area contributed by atoms with Gasteiger partial charge in [0.1, 0.15) is 16.7 Å². The van der Waals surface area contributed by atoms with Crippen LogP contribution in [0.2, 0.25) is 0 Å². The molecule has 0 saturated heterocycles. The second-order valence-electron chi connectivity index (χ2n) is 13.9. The number of aromatic nitrogens is 1. The largest absolute Gasteiger partial charge is 0.456 e. The molecule has 55 heavy (non-hydrogen) atoms. The van der Waals surface area contributed by atoms with Gasteiger partial charge >= 0.3 is 0 Å². The van der Waals surface area contributed by atoms with Crippen molar-refractivity contribution in [1.82, 2.24) is 4.98 Å². The Kier molecular flexibility index (Phi) is 7.14. The van der Waals surface area contributed by atoms with Crippen LogP contribution in [-0.4, -0.2) is 4.98 Å². The molecule has 0 N–H and O–H groups in total. The second-order valence-corrected chi connectivity index (χ2v) is 13.9. The van der Waals surface area contributed by atoms with Gasteiger partial charge < -0.3 is 13.7 Å². The van der Waals surface area contributed by atoms with Gasteiger partial charge in [0.15, 0.2) is 5.58 Å². The lowest BCUT2D eigenvalue weighted by Crippen LogP contribution is -2.10. The summed E-state index contributed by atoms with van der Waals surface area (Å²) in [6.07, 6.45) is 0. The molecular weight excluding hydrogens is 673 g/mol. The zero-order valence-electron chi connectivity index (χ0n) is 29.7. The second kappa shape index (κ2) is 12.6. The molecule has 4 nitrogen and oxygen atoms in total. The van der Waals surface area contributed by atoms with Gasteiger partial charge in [-0.1, -0.05) is 127 Å². The molecule has 11 aromatic rings. The maximum Gasteiger partial charge on any atom is 0.227 e. The van der Waals surface area contributed by atoms with Gasteiger partial charge in [-0.15, -0.1) is 0 Å². The highest BCUT2D eigenvalue weighted by atomic mass is 16.3. The maximum absolute atomic E-state index is 6.64. The zero-order chi connectivity index (χ0) is 36.3. The topological polar surface area (TPSA) is 42.4 Å². The fourth-order valence-electron chi connectivity index (χ4n) is 8.07. The number of furan rings is 1. The summed E-state index contributed by atoms with van der Waals surface area (Å²) in [4.78, 5) is 7.24. The highest BCUT2D eigenvalue weighted by Gasteiger charge is 2.20. The Bertz CT molecular complexity index is 3200. The van der Waals surface area contributed by atoms with E-state index in [1.807, 2.05) is 30.3 Å². The van der Waals surface area contributed by atoms with Crippen molar-refractivity contribution < 1.29 is 8.83 Å². The van der Waals surface area contributed by atoms with Gasteiger partial charge in [0, 0.05) is 44.9 Å². The maximum atomic E-state index is 6.64. The van der Waals surface area contributed by atoms with Gasteiger partial charge in [-0.2, -0.15) is 0 Å². The molecule has 11 rings (SSSR count). The minimum atomic E-state index is 0.616. The molecule has 0 aliphatic rings. The van der Waals surface area contributed by atoms with Crippen LogP contribution in [0.5, 0.6) is 0 Å². The molecule has 2 heterocycles. The summed E-state index contributed by atoms with van der Waals surface area (Å²) in [5.74, 6) is 0.616. The van der Waals surface area contributed by atoms with E-state index in [-0.39, 0.29) is 0 Å². The molecule has 4 heteroatoms. The van der Waals surface area contributed by atoms with Crippen molar-refractivity contribution in [2.75, 3.05) is 4.90 Å². The van der Waals surface area contributed by atoms with Crippen LogP contribution in [0.3, 0.4) is 0 Å². The summed E-state index contributed by atoms with van der Waals surface area (Å²) < 4.78 is 13.2. The highest BCUT2D eigenvalue weighted by molar-refractivity contribution is 6.19. The molecule has 0 saturated carbocycles. The zero-order valence-corrected chi connectivity index (χ0v) is 29.7. The molecule has 0 bridgehead atoms. The first kappa shape index (κ1) is 31.1. The Hall–Kier alpha value is -7.43. The Morgan fingerprint density at radius 3 is 1.84 bits per heavy atom. The van der Waals surface area contributed by atoms with Gasteiger partial charge in [0.05, 0.1) is 0 Å². The SMILES string of the molecule is c1ccc(-c2cccc(N(c3ccc4c(c3)oc3cccc(-c5ccccc5)c34)c3ccc4ccc5ccc6nc(-c7ccccc7)oc6c5c4c3)c2)cc1. The van der Waals surface area contributed by atoms with Crippen LogP contribution in [0.25, 0.3) is 88.3 Å². The van der Waals surface area contributed by atoms with E-state index in [0.717, 1.165) is 93.9 Å². The number of oxazole rings is 1. The van der Waals surface area contributed by atoms with Crippen molar-refractivity contribution >= 4 is 71.6 Å². The van der Waals surface area contributed by atoms with Crippen LogP contribution in [0, 0.1) is 0 Å². The Morgan fingerprint density at radius 1 is 0.382 bits per heavy atom. The number of rotatable bonds is 6. The van der Waals surface area contributed by atoms with E-state index < -0.39 is 0 Å². The fourth-order valence-corrected chi connectivity index (χ4v) is 8.07. The van der Waals surface area contributed by atoms with Gasteiger partial charge in [-0.25, -0.2) is 4.98 Å². The molecule has 9 aromatic carbocycles. The molecule has 0 radical (unpaired) electrons. The van der Waals surface area contributed by atoms with E-state index in [0.29, 0.717) is 5.89 Å². The summed E-state index contributed by atoms with van der Waals surface area (Å²) in [6.45, 7) is 0. The number of anilines is 3. The molecule has 2 aromatic heterocycles. The average molecular weight is 705 g/mol. The molecule has 0 fully saturated rings. The molecule has 0 spiro atoms. The summed E-state index contributed by atoms with van der Waals surface area (Å²) in [7, 11) is 0. The van der Waals surface area contributed by atoms with E-state index in [1.54, 1.807) is 0 Å². The molecule has 0 aliphatic heterocycles. The van der Waals surface area contributed by atoms with Crippen LogP contribution < -0.4 is 4.90 Å². The minimum Gasteiger partial charge on any atom is -0.456 e. The van der Waals surface area contributed by atoms with Crippen LogP contribution in [0.1, 0.15) is 0 Å². The molecule has 0 amide bonds. The van der Waals surface area contributed by atoms with Crippen LogP contribution in [-0.2, 0) is 0 Å². The van der Waals surface area contributed by atoms with E-state index in [9.17, 15) is 0 Å². The first-order valence-corrected chi connectivity index (χ1v) is 18.5. The Labute approximate surface area is 317 Å². The number of hydrogen-bond acceptors (Lipinski definition) is 4. The number of benzene rings is 9. The van der Waals surface area contributed by atoms with Crippen molar-refractivity contribution in [3.05, 3.63) is 194 Å². The lowest BCUT2D eigenvalue weighted by Gasteiger charge is -2.26. The predicted molar refractivity (Wildman–Crippen MR) is 227 cm³/mol. The summed E-state index contributed by atoms with van der Waals surface area (Å²) in [6, 6.07) is 68.0. The monoisotopic (exact) mass is 704 g/mol. The van der Waals surface area contributed by atoms with Gasteiger partial charge in [-0.3, -0.25) is 0 Å². The molecule has 0 atom stereocenters. The van der Waals surface area contributed by atoms with Crippen molar-refractivity contribution in [2.24, 2.45) is 0 Å².